The SMILES string of the molecule is Cc1cccc(-n2cc(O)c(C(C)C)n2)c1. The van der Waals surface area contributed by atoms with E-state index >= 15 is 0 Å². The molecule has 0 fully saturated rings. The first-order valence-corrected chi connectivity index (χ1v) is 5.43. The molecule has 1 heterocycles. The quantitative estimate of drug-likeness (QED) is 0.838. The molecule has 3 nitrogen and oxygen atoms in total. The third-order valence-electron chi connectivity index (χ3n) is 2.54. The molecule has 0 saturated heterocycles. The minimum atomic E-state index is 0.228. The van der Waals surface area contributed by atoms with Gasteiger partial charge in [-0.25, -0.2) is 4.68 Å². The van der Waals surface area contributed by atoms with Gasteiger partial charge in [0, 0.05) is 5.92 Å². The van der Waals surface area contributed by atoms with E-state index in [2.05, 4.69) is 5.10 Å². The van der Waals surface area contributed by atoms with Crippen molar-refractivity contribution in [3.63, 3.8) is 0 Å². The molecule has 2 rings (SSSR count). The Hall–Kier alpha value is -1.77. The van der Waals surface area contributed by atoms with Crippen molar-refractivity contribution in [2.75, 3.05) is 0 Å². The van der Waals surface area contributed by atoms with Crippen LogP contribution in [-0.2, 0) is 0 Å². The van der Waals surface area contributed by atoms with E-state index in [1.165, 1.54) is 5.56 Å². The summed E-state index contributed by atoms with van der Waals surface area (Å²) in [7, 11) is 0. The largest absolute Gasteiger partial charge is 0.504 e. The summed E-state index contributed by atoms with van der Waals surface area (Å²) in [6, 6.07) is 8.04. The maximum Gasteiger partial charge on any atom is 0.157 e. The van der Waals surface area contributed by atoms with Gasteiger partial charge in [-0.2, -0.15) is 5.10 Å². The van der Waals surface area contributed by atoms with Gasteiger partial charge in [-0.15, -0.1) is 0 Å². The molecule has 0 atom stereocenters. The first-order chi connectivity index (χ1) is 7.58. The topological polar surface area (TPSA) is 38.0 Å². The zero-order valence-corrected chi connectivity index (χ0v) is 9.81. The van der Waals surface area contributed by atoms with Crippen LogP contribution in [0, 0.1) is 6.92 Å². The average Bonchev–Trinajstić information content (AvgIpc) is 2.60. The molecule has 0 aliphatic heterocycles. The molecule has 16 heavy (non-hydrogen) atoms. The van der Waals surface area contributed by atoms with Crippen molar-refractivity contribution in [2.45, 2.75) is 26.7 Å². The first kappa shape index (κ1) is 10.7. The number of hydrogen-bond donors (Lipinski definition) is 1. The summed E-state index contributed by atoms with van der Waals surface area (Å²) >= 11 is 0. The lowest BCUT2D eigenvalue weighted by Gasteiger charge is -2.02. The summed E-state index contributed by atoms with van der Waals surface area (Å²) in [5.74, 6) is 0.488. The fraction of sp³-hybridized carbons (Fsp3) is 0.308. The lowest BCUT2D eigenvalue weighted by molar-refractivity contribution is 0.464. The Morgan fingerprint density at radius 1 is 1.31 bits per heavy atom. The van der Waals surface area contributed by atoms with E-state index in [4.69, 9.17) is 0 Å². The van der Waals surface area contributed by atoms with Gasteiger partial charge in [0.1, 0.15) is 5.69 Å². The number of aromatic hydroxyl groups is 1. The Balaban J connectivity index is 2.45. The molecule has 0 spiro atoms. The minimum absolute atomic E-state index is 0.228. The van der Waals surface area contributed by atoms with Gasteiger partial charge in [0.25, 0.3) is 0 Å². The molecule has 0 unspecified atom stereocenters. The van der Waals surface area contributed by atoms with Crippen LogP contribution in [0.25, 0.3) is 5.69 Å². The van der Waals surface area contributed by atoms with Crippen LogP contribution < -0.4 is 0 Å². The molecule has 1 aromatic carbocycles. The van der Waals surface area contributed by atoms with Crippen LogP contribution in [0.15, 0.2) is 30.5 Å². The van der Waals surface area contributed by atoms with Crippen molar-refractivity contribution in [1.82, 2.24) is 9.78 Å². The highest BCUT2D eigenvalue weighted by atomic mass is 16.3. The van der Waals surface area contributed by atoms with Gasteiger partial charge in [0.05, 0.1) is 11.9 Å². The molecular formula is C13H16N2O. The number of aromatic nitrogens is 2. The van der Waals surface area contributed by atoms with Crippen LogP contribution in [0.1, 0.15) is 31.0 Å². The summed E-state index contributed by atoms with van der Waals surface area (Å²) in [5.41, 5.74) is 2.89. The minimum Gasteiger partial charge on any atom is -0.504 e. The Labute approximate surface area is 95.3 Å². The fourth-order valence-electron chi connectivity index (χ4n) is 1.69. The van der Waals surface area contributed by atoms with E-state index in [0.29, 0.717) is 0 Å². The highest BCUT2D eigenvalue weighted by Crippen LogP contribution is 2.24. The molecule has 0 saturated carbocycles. The standard InChI is InChI=1S/C13H16N2O/c1-9(2)13-12(16)8-15(14-13)11-6-4-5-10(3)7-11/h4-9,16H,1-3H3. The molecule has 2 aromatic rings. The van der Waals surface area contributed by atoms with Crippen LogP contribution >= 0.6 is 0 Å². The van der Waals surface area contributed by atoms with E-state index in [9.17, 15) is 5.11 Å². The Bertz CT molecular complexity index is 500. The van der Waals surface area contributed by atoms with Crippen LogP contribution in [0.2, 0.25) is 0 Å². The summed E-state index contributed by atoms with van der Waals surface area (Å²) < 4.78 is 1.72. The van der Waals surface area contributed by atoms with E-state index in [-0.39, 0.29) is 11.7 Å². The Morgan fingerprint density at radius 2 is 2.06 bits per heavy atom. The molecular weight excluding hydrogens is 200 g/mol. The molecule has 0 aliphatic rings. The zero-order chi connectivity index (χ0) is 11.7. The number of nitrogens with zero attached hydrogens (tertiary/aromatic N) is 2. The number of benzene rings is 1. The first-order valence-electron chi connectivity index (χ1n) is 5.43. The fourth-order valence-corrected chi connectivity index (χ4v) is 1.69. The third-order valence-corrected chi connectivity index (χ3v) is 2.54. The second kappa shape index (κ2) is 4.00. The predicted octanol–water partition coefficient (Wildman–Crippen LogP) is 3.01. The molecule has 84 valence electrons. The van der Waals surface area contributed by atoms with Crippen LogP contribution in [0.5, 0.6) is 5.75 Å². The summed E-state index contributed by atoms with van der Waals surface area (Å²) in [4.78, 5) is 0. The van der Waals surface area contributed by atoms with Gasteiger partial charge in [0.2, 0.25) is 0 Å². The molecule has 0 bridgehead atoms. The highest BCUT2D eigenvalue weighted by molar-refractivity contribution is 5.37. The van der Waals surface area contributed by atoms with Crippen molar-refractivity contribution in [3.8, 4) is 11.4 Å². The molecule has 3 heteroatoms. The second-order valence-electron chi connectivity index (χ2n) is 4.34. The average molecular weight is 216 g/mol. The highest BCUT2D eigenvalue weighted by Gasteiger charge is 2.11. The number of rotatable bonds is 2. The van der Waals surface area contributed by atoms with Gasteiger partial charge >= 0.3 is 0 Å². The van der Waals surface area contributed by atoms with Gasteiger partial charge in [-0.3, -0.25) is 0 Å². The smallest absolute Gasteiger partial charge is 0.157 e. The van der Waals surface area contributed by atoms with Gasteiger partial charge in [-0.1, -0.05) is 26.0 Å². The molecule has 1 aromatic heterocycles. The number of hydrogen-bond acceptors (Lipinski definition) is 2. The van der Waals surface area contributed by atoms with Gasteiger partial charge in [-0.05, 0) is 24.6 Å². The van der Waals surface area contributed by atoms with Crippen LogP contribution in [0.4, 0.5) is 0 Å². The Morgan fingerprint density at radius 3 is 2.62 bits per heavy atom. The monoisotopic (exact) mass is 216 g/mol. The second-order valence-corrected chi connectivity index (χ2v) is 4.34. The normalized spacial score (nSPS) is 11.0. The van der Waals surface area contributed by atoms with Crippen molar-refractivity contribution in [1.29, 1.82) is 0 Å². The van der Waals surface area contributed by atoms with Crippen LogP contribution in [-0.4, -0.2) is 14.9 Å². The third kappa shape index (κ3) is 1.94. The van der Waals surface area contributed by atoms with Crippen molar-refractivity contribution >= 4 is 0 Å². The van der Waals surface area contributed by atoms with E-state index < -0.39 is 0 Å². The van der Waals surface area contributed by atoms with E-state index in [0.717, 1.165) is 11.4 Å². The summed E-state index contributed by atoms with van der Waals surface area (Å²) in [6.45, 7) is 6.07. The Kier molecular flexibility index (Phi) is 2.69. The maximum atomic E-state index is 9.75. The molecule has 0 amide bonds. The van der Waals surface area contributed by atoms with Crippen molar-refractivity contribution < 1.29 is 5.11 Å². The van der Waals surface area contributed by atoms with Gasteiger partial charge < -0.3 is 5.11 Å². The van der Waals surface area contributed by atoms with Gasteiger partial charge in [0.15, 0.2) is 5.75 Å². The lowest BCUT2D eigenvalue weighted by Crippen LogP contribution is -1.97. The summed E-state index contributed by atoms with van der Waals surface area (Å²) in [6.07, 6.45) is 1.66. The lowest BCUT2D eigenvalue weighted by atomic mass is 10.1. The molecule has 1 N–H and O–H groups in total. The summed E-state index contributed by atoms with van der Waals surface area (Å²) in [5, 5.41) is 14.1. The number of aryl methyl sites for hydroxylation is 1. The maximum absolute atomic E-state index is 9.75. The van der Waals surface area contributed by atoms with E-state index in [1.54, 1.807) is 10.9 Å². The van der Waals surface area contributed by atoms with Crippen molar-refractivity contribution in [3.05, 3.63) is 41.7 Å². The molecule has 0 aliphatic carbocycles. The predicted molar refractivity (Wildman–Crippen MR) is 64.1 cm³/mol. The van der Waals surface area contributed by atoms with E-state index in [1.807, 2.05) is 45.0 Å². The van der Waals surface area contributed by atoms with Crippen LogP contribution in [0.3, 0.4) is 0 Å². The molecule has 0 radical (unpaired) electrons. The van der Waals surface area contributed by atoms with Crippen molar-refractivity contribution in [2.24, 2.45) is 0 Å². The zero-order valence-electron chi connectivity index (χ0n) is 9.81.